The van der Waals surface area contributed by atoms with Gasteiger partial charge in [0.15, 0.2) is 11.6 Å². The van der Waals surface area contributed by atoms with Gasteiger partial charge in [-0.15, -0.1) is 0 Å². The van der Waals surface area contributed by atoms with Crippen LogP contribution in [-0.4, -0.2) is 25.7 Å². The first-order chi connectivity index (χ1) is 9.97. The van der Waals surface area contributed by atoms with Crippen LogP contribution >= 0.6 is 0 Å². The first-order valence-electron chi connectivity index (χ1n) is 6.35. The fourth-order valence-corrected chi connectivity index (χ4v) is 1.84. The van der Waals surface area contributed by atoms with E-state index >= 15 is 0 Å². The van der Waals surface area contributed by atoms with Gasteiger partial charge in [-0.25, -0.2) is 13.6 Å². The van der Waals surface area contributed by atoms with E-state index in [9.17, 15) is 13.6 Å². The summed E-state index contributed by atoms with van der Waals surface area (Å²) in [5, 5.41) is 6.07. The van der Waals surface area contributed by atoms with Crippen molar-refractivity contribution in [2.45, 2.75) is 19.4 Å². The monoisotopic (exact) mass is 298 g/mol. The number of carbonyl (C=O) groups is 1. The Labute approximate surface area is 120 Å². The summed E-state index contributed by atoms with van der Waals surface area (Å²) in [4.78, 5) is 14.7. The molecule has 0 bridgehead atoms. The number of hydrogen-bond acceptors (Lipinski definition) is 4. The summed E-state index contributed by atoms with van der Waals surface area (Å²) in [6.07, 6.45) is 0. The van der Waals surface area contributed by atoms with Crippen LogP contribution in [0.2, 0.25) is 0 Å². The number of nitrogens with zero attached hydrogens (tertiary/aromatic N) is 3. The van der Waals surface area contributed by atoms with Crippen LogP contribution in [0.15, 0.2) is 23.3 Å². The Balaban J connectivity index is 3.14. The van der Waals surface area contributed by atoms with E-state index in [1.807, 2.05) is 0 Å². The van der Waals surface area contributed by atoms with Crippen LogP contribution < -0.4 is 5.32 Å². The minimum atomic E-state index is -1.58. The highest BCUT2D eigenvalue weighted by Crippen LogP contribution is 2.26. The molecule has 1 atom stereocenters. The van der Waals surface area contributed by atoms with Gasteiger partial charge in [0.25, 0.3) is 0 Å². The van der Waals surface area contributed by atoms with Gasteiger partial charge in [0.1, 0.15) is 5.54 Å². The number of carbonyl (C=O) groups excluding carboxylic acids is 1. The molecule has 0 saturated carbocycles. The molecule has 114 valence electrons. The van der Waals surface area contributed by atoms with Crippen LogP contribution in [0.3, 0.4) is 0 Å². The molecule has 0 saturated heterocycles. The number of hydrogen-bond donors (Lipinski definition) is 1. The maximum Gasteiger partial charge on any atom is 0.330 e. The highest BCUT2D eigenvalue weighted by atomic mass is 19.2. The summed E-state index contributed by atoms with van der Waals surface area (Å²) in [7, 11) is 0. The minimum Gasteiger partial charge on any atom is -0.464 e. The summed E-state index contributed by atoms with van der Waals surface area (Å²) in [5.41, 5.74) is 6.47. The lowest BCUT2D eigenvalue weighted by molar-refractivity contribution is -0.151. The third kappa shape index (κ3) is 3.90. The molecule has 1 aromatic carbocycles. The lowest BCUT2D eigenvalue weighted by Crippen LogP contribution is -2.49. The van der Waals surface area contributed by atoms with E-state index in [-0.39, 0.29) is 25.3 Å². The quantitative estimate of drug-likeness (QED) is 0.276. The molecule has 0 amide bonds. The summed E-state index contributed by atoms with van der Waals surface area (Å²) in [6, 6.07) is 3.57. The van der Waals surface area contributed by atoms with Crippen molar-refractivity contribution < 1.29 is 18.3 Å². The molecule has 1 aromatic rings. The van der Waals surface area contributed by atoms with Crippen molar-refractivity contribution in [1.82, 2.24) is 5.32 Å². The second-order valence-corrected chi connectivity index (χ2v) is 4.33. The van der Waals surface area contributed by atoms with Gasteiger partial charge in [0, 0.05) is 23.6 Å². The van der Waals surface area contributed by atoms with Gasteiger partial charge >= 0.3 is 5.97 Å². The first-order valence-corrected chi connectivity index (χ1v) is 6.35. The van der Waals surface area contributed by atoms with Crippen molar-refractivity contribution in [3.63, 3.8) is 0 Å². The van der Waals surface area contributed by atoms with E-state index in [1.54, 1.807) is 6.92 Å². The highest BCUT2D eigenvalue weighted by molar-refractivity contribution is 5.82. The number of ether oxygens (including phenoxy) is 1. The highest BCUT2D eigenvalue weighted by Gasteiger charge is 2.39. The van der Waals surface area contributed by atoms with Gasteiger partial charge in [-0.2, -0.15) is 0 Å². The zero-order valence-electron chi connectivity index (χ0n) is 11.8. The molecule has 6 nitrogen and oxygen atoms in total. The molecule has 1 rings (SSSR count). The molecule has 21 heavy (non-hydrogen) atoms. The summed E-state index contributed by atoms with van der Waals surface area (Å²) < 4.78 is 32.3. The Hall–Kier alpha value is -2.18. The van der Waals surface area contributed by atoms with Crippen molar-refractivity contribution in [3.8, 4) is 0 Å². The number of esters is 1. The van der Waals surface area contributed by atoms with E-state index in [0.717, 1.165) is 6.07 Å². The van der Waals surface area contributed by atoms with Gasteiger partial charge in [0.05, 0.1) is 6.61 Å². The SMILES string of the molecule is CCOC(=O)C(C)(NCCN=[N+]=[N-])c1cccc(F)c1F. The normalized spacial score (nSPS) is 13.1. The average Bonchev–Trinajstić information content (AvgIpc) is 2.46. The minimum absolute atomic E-state index is 0.0580. The third-order valence-corrected chi connectivity index (χ3v) is 2.93. The second-order valence-electron chi connectivity index (χ2n) is 4.33. The zero-order chi connectivity index (χ0) is 15.9. The van der Waals surface area contributed by atoms with Crippen LogP contribution in [0, 0.1) is 11.6 Å². The van der Waals surface area contributed by atoms with E-state index < -0.39 is 23.1 Å². The van der Waals surface area contributed by atoms with Gasteiger partial charge in [-0.1, -0.05) is 17.2 Å². The molecule has 0 fully saturated rings. The number of benzene rings is 1. The maximum atomic E-state index is 14.0. The molecule has 0 aliphatic heterocycles. The van der Waals surface area contributed by atoms with Crippen LogP contribution in [0.4, 0.5) is 8.78 Å². The predicted molar refractivity (Wildman–Crippen MR) is 72.4 cm³/mol. The van der Waals surface area contributed by atoms with Crippen LogP contribution in [0.25, 0.3) is 10.4 Å². The largest absolute Gasteiger partial charge is 0.464 e. The number of halogens is 2. The van der Waals surface area contributed by atoms with Crippen molar-refractivity contribution in [2.24, 2.45) is 5.11 Å². The molecule has 0 aromatic heterocycles. The van der Waals surface area contributed by atoms with Gasteiger partial charge in [0.2, 0.25) is 0 Å². The lowest BCUT2D eigenvalue weighted by atomic mass is 9.91. The molecule has 0 radical (unpaired) electrons. The molecular weight excluding hydrogens is 282 g/mol. The third-order valence-electron chi connectivity index (χ3n) is 2.93. The second kappa shape index (κ2) is 7.56. The molecule has 8 heteroatoms. The summed E-state index contributed by atoms with van der Waals surface area (Å²) in [5.74, 6) is -2.92. The van der Waals surface area contributed by atoms with Crippen molar-refractivity contribution >= 4 is 5.97 Å². The van der Waals surface area contributed by atoms with Crippen LogP contribution in [0.1, 0.15) is 19.4 Å². The van der Waals surface area contributed by atoms with Crippen molar-refractivity contribution in [2.75, 3.05) is 19.7 Å². The summed E-state index contributed by atoms with van der Waals surface area (Å²) in [6.45, 7) is 3.26. The van der Waals surface area contributed by atoms with Crippen LogP contribution in [-0.2, 0) is 15.1 Å². The lowest BCUT2D eigenvalue weighted by Gasteiger charge is -2.29. The molecule has 0 heterocycles. The maximum absolute atomic E-state index is 14.0. The van der Waals surface area contributed by atoms with Crippen molar-refractivity contribution in [3.05, 3.63) is 45.8 Å². The standard InChI is InChI=1S/C13H16F2N4O2/c1-3-21-12(20)13(2,17-7-8-18-19-16)9-5-4-6-10(14)11(9)15/h4-6,17H,3,7-8H2,1-2H3. The molecular formula is C13H16F2N4O2. The Bertz CT molecular complexity index is 561. The number of rotatable bonds is 7. The molecule has 0 aliphatic rings. The van der Waals surface area contributed by atoms with Crippen molar-refractivity contribution in [1.29, 1.82) is 0 Å². The van der Waals surface area contributed by atoms with Gasteiger partial charge < -0.3 is 4.74 Å². The van der Waals surface area contributed by atoms with E-state index in [4.69, 9.17) is 10.3 Å². The molecule has 0 spiro atoms. The van der Waals surface area contributed by atoms with E-state index in [2.05, 4.69) is 15.3 Å². The van der Waals surface area contributed by atoms with E-state index in [0.29, 0.717) is 0 Å². The summed E-state index contributed by atoms with van der Waals surface area (Å²) >= 11 is 0. The fraction of sp³-hybridized carbons (Fsp3) is 0.462. The predicted octanol–water partition coefficient (Wildman–Crippen LogP) is 2.64. The molecule has 0 aliphatic carbocycles. The number of azide groups is 1. The van der Waals surface area contributed by atoms with Gasteiger partial charge in [-0.3, -0.25) is 5.32 Å². The van der Waals surface area contributed by atoms with E-state index in [1.165, 1.54) is 19.1 Å². The molecule has 1 unspecified atom stereocenters. The first kappa shape index (κ1) is 16.9. The Morgan fingerprint density at radius 2 is 2.24 bits per heavy atom. The van der Waals surface area contributed by atoms with Gasteiger partial charge in [-0.05, 0) is 25.4 Å². The molecule has 1 N–H and O–H groups in total. The fourth-order valence-electron chi connectivity index (χ4n) is 1.84. The zero-order valence-corrected chi connectivity index (χ0v) is 11.8. The Kier molecular flexibility index (Phi) is 6.08. The number of nitrogens with one attached hydrogen (secondary N) is 1. The Morgan fingerprint density at radius 3 is 2.86 bits per heavy atom. The topological polar surface area (TPSA) is 87.1 Å². The van der Waals surface area contributed by atoms with Crippen LogP contribution in [0.5, 0.6) is 0 Å². The average molecular weight is 298 g/mol. The Morgan fingerprint density at radius 1 is 1.52 bits per heavy atom. The smallest absolute Gasteiger partial charge is 0.330 e.